The van der Waals surface area contributed by atoms with Gasteiger partial charge in [0.15, 0.2) is 0 Å². The Kier molecular flexibility index (Phi) is 5.45. The molecule has 0 unspecified atom stereocenters. The maximum atomic E-state index is 12.7. The molecule has 4 rings (SSSR count). The summed E-state index contributed by atoms with van der Waals surface area (Å²) in [5.41, 5.74) is 3.44. The highest BCUT2D eigenvalue weighted by molar-refractivity contribution is 7.89. The standard InChI is InChI=1S/C21H19ClN2O4S/c22-19-9-7-16(12-20(19)29(26,27)23-13-18-5-2-10-28-18)21(25)24-17-8-6-14-3-1-4-15(14)11-17/h2,5-12,23H,1,3-4,13H2,(H,24,25). The SMILES string of the molecule is O=C(Nc1ccc2c(c1)CCC2)c1ccc(Cl)c(S(=O)(=O)NCc2ccco2)c1. The molecule has 1 heterocycles. The predicted molar refractivity (Wildman–Crippen MR) is 111 cm³/mol. The molecule has 0 atom stereocenters. The van der Waals surface area contributed by atoms with E-state index in [-0.39, 0.29) is 22.0 Å². The third kappa shape index (κ3) is 4.37. The van der Waals surface area contributed by atoms with Crippen molar-refractivity contribution in [1.82, 2.24) is 4.72 Å². The Bertz CT molecular complexity index is 1160. The molecular weight excluding hydrogens is 412 g/mol. The molecule has 0 bridgehead atoms. The van der Waals surface area contributed by atoms with Crippen molar-refractivity contribution < 1.29 is 17.6 Å². The first-order chi connectivity index (χ1) is 13.9. The van der Waals surface area contributed by atoms with Crippen molar-refractivity contribution in [2.24, 2.45) is 0 Å². The van der Waals surface area contributed by atoms with Crippen molar-refractivity contribution >= 4 is 33.2 Å². The topological polar surface area (TPSA) is 88.4 Å². The van der Waals surface area contributed by atoms with E-state index < -0.39 is 15.9 Å². The highest BCUT2D eigenvalue weighted by Gasteiger charge is 2.21. The maximum absolute atomic E-state index is 12.7. The fourth-order valence-corrected chi connectivity index (χ4v) is 4.88. The summed E-state index contributed by atoms with van der Waals surface area (Å²) in [7, 11) is -3.93. The average Bonchev–Trinajstić information content (AvgIpc) is 3.38. The van der Waals surface area contributed by atoms with E-state index in [0.717, 1.165) is 19.3 Å². The van der Waals surface area contributed by atoms with Crippen molar-refractivity contribution in [3.63, 3.8) is 0 Å². The minimum atomic E-state index is -3.93. The number of carbonyl (C=O) groups is 1. The molecule has 0 fully saturated rings. The molecule has 2 N–H and O–H groups in total. The van der Waals surface area contributed by atoms with Crippen LogP contribution in [0.5, 0.6) is 0 Å². The quantitative estimate of drug-likeness (QED) is 0.614. The van der Waals surface area contributed by atoms with Crippen molar-refractivity contribution in [2.75, 3.05) is 5.32 Å². The number of aryl methyl sites for hydroxylation is 2. The fraction of sp³-hybridized carbons (Fsp3) is 0.190. The van der Waals surface area contributed by atoms with Crippen LogP contribution in [0.3, 0.4) is 0 Å². The molecule has 3 aromatic rings. The van der Waals surface area contributed by atoms with Gasteiger partial charge in [0, 0.05) is 11.3 Å². The zero-order valence-electron chi connectivity index (χ0n) is 15.4. The molecule has 2 aromatic carbocycles. The first-order valence-electron chi connectivity index (χ1n) is 9.17. The van der Waals surface area contributed by atoms with Crippen LogP contribution in [0.15, 0.2) is 64.1 Å². The van der Waals surface area contributed by atoms with Gasteiger partial charge in [0.05, 0.1) is 17.8 Å². The summed E-state index contributed by atoms with van der Waals surface area (Å²) in [6.45, 7) is -0.0167. The number of sulfonamides is 1. The van der Waals surface area contributed by atoms with E-state index in [1.54, 1.807) is 12.1 Å². The molecule has 8 heteroatoms. The number of nitrogens with one attached hydrogen (secondary N) is 2. The highest BCUT2D eigenvalue weighted by atomic mass is 35.5. The Hall–Kier alpha value is -2.61. The smallest absolute Gasteiger partial charge is 0.255 e. The van der Waals surface area contributed by atoms with Gasteiger partial charge < -0.3 is 9.73 Å². The number of hydrogen-bond donors (Lipinski definition) is 2. The Morgan fingerprint density at radius 1 is 1.07 bits per heavy atom. The van der Waals surface area contributed by atoms with Crippen LogP contribution in [-0.2, 0) is 29.4 Å². The highest BCUT2D eigenvalue weighted by Crippen LogP contribution is 2.26. The lowest BCUT2D eigenvalue weighted by Crippen LogP contribution is -2.24. The zero-order valence-corrected chi connectivity index (χ0v) is 17.0. The van der Waals surface area contributed by atoms with Gasteiger partial charge in [-0.2, -0.15) is 0 Å². The van der Waals surface area contributed by atoms with Crippen LogP contribution in [-0.4, -0.2) is 14.3 Å². The number of anilines is 1. The van der Waals surface area contributed by atoms with Crippen LogP contribution in [0.2, 0.25) is 5.02 Å². The van der Waals surface area contributed by atoms with Gasteiger partial charge in [-0.3, -0.25) is 4.79 Å². The lowest BCUT2D eigenvalue weighted by Gasteiger charge is -2.11. The van der Waals surface area contributed by atoms with Crippen molar-refractivity contribution in [1.29, 1.82) is 0 Å². The minimum Gasteiger partial charge on any atom is -0.468 e. The predicted octanol–water partition coefficient (Wildman–Crippen LogP) is 4.15. The molecule has 1 aromatic heterocycles. The summed E-state index contributed by atoms with van der Waals surface area (Å²) in [4.78, 5) is 12.5. The molecule has 29 heavy (non-hydrogen) atoms. The summed E-state index contributed by atoms with van der Waals surface area (Å²) in [6.07, 6.45) is 4.65. The second kappa shape index (κ2) is 8.02. The molecule has 1 amide bonds. The van der Waals surface area contributed by atoms with Crippen LogP contribution < -0.4 is 10.0 Å². The third-order valence-electron chi connectivity index (χ3n) is 4.86. The van der Waals surface area contributed by atoms with Crippen LogP contribution in [0, 0.1) is 0 Å². The van der Waals surface area contributed by atoms with Crippen LogP contribution in [0.1, 0.15) is 33.7 Å². The van der Waals surface area contributed by atoms with Crippen LogP contribution in [0.4, 0.5) is 5.69 Å². The summed E-state index contributed by atoms with van der Waals surface area (Å²) >= 11 is 6.10. The Morgan fingerprint density at radius 3 is 2.69 bits per heavy atom. The largest absolute Gasteiger partial charge is 0.468 e. The fourth-order valence-electron chi connectivity index (χ4n) is 3.36. The first-order valence-corrected chi connectivity index (χ1v) is 11.0. The van der Waals surface area contributed by atoms with Gasteiger partial charge in [0.25, 0.3) is 5.91 Å². The average molecular weight is 431 g/mol. The van der Waals surface area contributed by atoms with E-state index in [1.165, 1.54) is 35.6 Å². The van der Waals surface area contributed by atoms with E-state index in [9.17, 15) is 13.2 Å². The van der Waals surface area contributed by atoms with Gasteiger partial charge in [-0.1, -0.05) is 17.7 Å². The number of halogens is 1. The van der Waals surface area contributed by atoms with E-state index in [1.807, 2.05) is 18.2 Å². The van der Waals surface area contributed by atoms with Crippen LogP contribution >= 0.6 is 11.6 Å². The van der Waals surface area contributed by atoms with Crippen molar-refractivity contribution in [3.05, 3.63) is 82.3 Å². The summed E-state index contributed by atoms with van der Waals surface area (Å²) < 4.78 is 32.8. The molecule has 1 aliphatic rings. The number of carbonyl (C=O) groups excluding carboxylic acids is 1. The first kappa shape index (κ1) is 19.7. The Morgan fingerprint density at radius 2 is 1.90 bits per heavy atom. The molecule has 0 spiro atoms. The van der Waals surface area contributed by atoms with Gasteiger partial charge in [-0.25, -0.2) is 13.1 Å². The number of rotatable bonds is 6. The second-order valence-electron chi connectivity index (χ2n) is 6.84. The Labute approximate surface area is 173 Å². The molecule has 0 aliphatic heterocycles. The van der Waals surface area contributed by atoms with E-state index >= 15 is 0 Å². The number of fused-ring (bicyclic) bond motifs is 1. The molecule has 6 nitrogen and oxygen atoms in total. The number of furan rings is 1. The molecule has 0 saturated heterocycles. The molecular formula is C21H19ClN2O4S. The number of benzene rings is 2. The summed E-state index contributed by atoms with van der Waals surface area (Å²) in [6, 6.07) is 13.4. The van der Waals surface area contributed by atoms with Gasteiger partial charge in [-0.05, 0) is 72.9 Å². The normalized spacial score (nSPS) is 13.3. The molecule has 1 aliphatic carbocycles. The van der Waals surface area contributed by atoms with Crippen molar-refractivity contribution in [3.8, 4) is 0 Å². The van der Waals surface area contributed by atoms with E-state index in [0.29, 0.717) is 11.4 Å². The summed E-state index contributed by atoms with van der Waals surface area (Å²) in [5, 5.41) is 2.86. The minimum absolute atomic E-state index is 0.0167. The van der Waals surface area contributed by atoms with E-state index in [2.05, 4.69) is 10.0 Å². The van der Waals surface area contributed by atoms with Gasteiger partial charge >= 0.3 is 0 Å². The molecule has 150 valence electrons. The van der Waals surface area contributed by atoms with Gasteiger partial charge in [0.1, 0.15) is 10.7 Å². The molecule has 0 radical (unpaired) electrons. The zero-order chi connectivity index (χ0) is 20.4. The van der Waals surface area contributed by atoms with Crippen LogP contribution in [0.25, 0.3) is 0 Å². The summed E-state index contributed by atoms with van der Waals surface area (Å²) in [5.74, 6) is 0.0669. The Balaban J connectivity index is 1.53. The second-order valence-corrected chi connectivity index (χ2v) is 8.98. The monoisotopic (exact) mass is 430 g/mol. The van der Waals surface area contributed by atoms with E-state index in [4.69, 9.17) is 16.0 Å². The lowest BCUT2D eigenvalue weighted by molar-refractivity contribution is 0.102. The van der Waals surface area contributed by atoms with Crippen molar-refractivity contribution in [2.45, 2.75) is 30.7 Å². The molecule has 0 saturated carbocycles. The maximum Gasteiger partial charge on any atom is 0.255 e. The lowest BCUT2D eigenvalue weighted by atomic mass is 10.1. The number of amides is 1. The van der Waals surface area contributed by atoms with Gasteiger partial charge in [-0.15, -0.1) is 0 Å². The third-order valence-corrected chi connectivity index (χ3v) is 6.74. The number of hydrogen-bond acceptors (Lipinski definition) is 4. The van der Waals surface area contributed by atoms with Gasteiger partial charge in [0.2, 0.25) is 10.0 Å².